The lowest BCUT2D eigenvalue weighted by atomic mass is 9.54. The first-order valence-corrected chi connectivity index (χ1v) is 15.7. The minimum absolute atomic E-state index is 0.0205. The number of aliphatic imine (C=N–C) groups is 1. The van der Waals surface area contributed by atoms with Gasteiger partial charge in [0.2, 0.25) is 11.8 Å². The highest BCUT2D eigenvalue weighted by atomic mass is 35.5. The molecule has 2 aliphatic heterocycles. The molecule has 4 aliphatic rings. The van der Waals surface area contributed by atoms with Crippen LogP contribution in [-0.2, 0) is 19.7 Å². The van der Waals surface area contributed by atoms with E-state index in [0.29, 0.717) is 54.8 Å². The number of rotatable bonds is 7. The number of aliphatic hydroxyl groups is 1. The average Bonchev–Trinajstić information content (AvgIpc) is 3.39. The number of fused-ring (bicyclic) bond motifs is 3. The van der Waals surface area contributed by atoms with Gasteiger partial charge in [0.15, 0.2) is 0 Å². The summed E-state index contributed by atoms with van der Waals surface area (Å²) in [5, 5.41) is 20.9. The van der Waals surface area contributed by atoms with Gasteiger partial charge in [-0.05, 0) is 80.6 Å². The van der Waals surface area contributed by atoms with Crippen LogP contribution in [0.25, 0.3) is 0 Å². The number of hydrogen-bond acceptors (Lipinski definition) is 6. The summed E-state index contributed by atoms with van der Waals surface area (Å²) < 4.78 is 21.9. The molecule has 11 heteroatoms. The Labute approximate surface area is 262 Å². The summed E-state index contributed by atoms with van der Waals surface area (Å²) >= 11 is 12.1. The Kier molecular flexibility index (Phi) is 8.88. The van der Waals surface area contributed by atoms with Crippen molar-refractivity contribution in [1.82, 2.24) is 10.6 Å². The molecular weight excluding hydrogens is 594 g/mol. The van der Waals surface area contributed by atoms with Crippen LogP contribution in [0.15, 0.2) is 46.8 Å². The maximum Gasteiger partial charge on any atom is 0.238 e. The zero-order chi connectivity index (χ0) is 31.2. The molecule has 2 amide bonds. The summed E-state index contributed by atoms with van der Waals surface area (Å²) in [5.74, 6) is -2.58. The van der Waals surface area contributed by atoms with Crippen molar-refractivity contribution in [3.05, 3.63) is 52.4 Å². The van der Waals surface area contributed by atoms with Crippen LogP contribution in [0.4, 0.5) is 10.1 Å². The quantitative estimate of drug-likeness (QED) is 0.233. The maximum absolute atomic E-state index is 16.7. The smallest absolute Gasteiger partial charge is 0.238 e. The fourth-order valence-electron chi connectivity index (χ4n) is 7.91. The Balaban J connectivity index is 1.59. The Morgan fingerprint density at radius 2 is 1.91 bits per heavy atom. The molecule has 1 aromatic carbocycles. The predicted molar refractivity (Wildman–Crippen MR) is 167 cm³/mol. The lowest BCUT2D eigenvalue weighted by Crippen LogP contribution is -2.61. The topological polar surface area (TPSA) is 112 Å². The third-order valence-electron chi connectivity index (χ3n) is 10.2. The highest BCUT2D eigenvalue weighted by molar-refractivity contribution is 6.31. The Morgan fingerprint density at radius 1 is 1.23 bits per heavy atom. The minimum atomic E-state index is -1.43. The molecule has 234 valence electrons. The van der Waals surface area contributed by atoms with Gasteiger partial charge in [0.25, 0.3) is 0 Å². The average molecular weight is 636 g/mol. The van der Waals surface area contributed by atoms with Gasteiger partial charge in [-0.3, -0.25) is 14.9 Å². The summed E-state index contributed by atoms with van der Waals surface area (Å²) in [5.41, 5.74) is -2.08. The highest BCUT2D eigenvalue weighted by Gasteiger charge is 2.73. The lowest BCUT2D eigenvalue weighted by molar-refractivity contribution is -0.126. The van der Waals surface area contributed by atoms with Gasteiger partial charge >= 0.3 is 0 Å². The molecule has 2 aliphatic carbocycles. The summed E-state index contributed by atoms with van der Waals surface area (Å²) in [6.45, 7) is 8.13. The Bertz CT molecular complexity index is 1350. The third-order valence-corrected chi connectivity index (χ3v) is 10.5. The van der Waals surface area contributed by atoms with Crippen molar-refractivity contribution in [2.24, 2.45) is 16.3 Å². The molecule has 1 saturated heterocycles. The van der Waals surface area contributed by atoms with Crippen LogP contribution in [0.3, 0.4) is 0 Å². The first kappa shape index (κ1) is 32.1. The SMILES string of the molecule is C=C(Cl)/N=C\C=C(/F)[C@H]1[C@H](C(=O)N[C@H]2CC[C@](O)(COC)CC2)NC2(CCC(C)(C)CC2)[C@@]12C(=O)Nc1cc(Cl)ccc12. The fourth-order valence-corrected chi connectivity index (χ4v) is 8.13. The fraction of sp³-hybridized carbons (Fsp3) is 0.594. The normalized spacial score (nSPS) is 33.1. The van der Waals surface area contributed by atoms with E-state index in [1.165, 1.54) is 12.3 Å². The first-order valence-electron chi connectivity index (χ1n) is 14.9. The molecule has 0 radical (unpaired) electrons. The van der Waals surface area contributed by atoms with Crippen LogP contribution in [0.5, 0.6) is 0 Å². The van der Waals surface area contributed by atoms with Gasteiger partial charge in [-0.1, -0.05) is 49.7 Å². The highest BCUT2D eigenvalue weighted by Crippen LogP contribution is 2.62. The molecule has 2 spiro atoms. The van der Waals surface area contributed by atoms with Crippen LogP contribution < -0.4 is 16.0 Å². The zero-order valence-electron chi connectivity index (χ0n) is 24.9. The second-order valence-corrected chi connectivity index (χ2v) is 14.3. The van der Waals surface area contributed by atoms with Crippen molar-refractivity contribution in [2.45, 2.75) is 93.9 Å². The molecule has 2 heterocycles. The third kappa shape index (κ3) is 5.79. The second-order valence-electron chi connectivity index (χ2n) is 13.4. The molecule has 0 bridgehead atoms. The van der Waals surface area contributed by atoms with Crippen LogP contribution in [0.2, 0.25) is 5.02 Å². The van der Waals surface area contributed by atoms with Gasteiger partial charge in [0, 0.05) is 35.6 Å². The number of amides is 2. The van der Waals surface area contributed by atoms with E-state index >= 15 is 4.39 Å². The molecule has 3 fully saturated rings. The molecular formula is C32H41Cl2FN4O4. The van der Waals surface area contributed by atoms with Crippen LogP contribution in [0, 0.1) is 11.3 Å². The molecule has 4 N–H and O–H groups in total. The number of anilines is 1. The number of halogens is 3. The van der Waals surface area contributed by atoms with Gasteiger partial charge in [0.1, 0.15) is 16.4 Å². The number of ether oxygens (including phenoxy) is 1. The number of nitrogens with one attached hydrogen (secondary N) is 3. The van der Waals surface area contributed by atoms with Gasteiger partial charge in [-0.2, -0.15) is 0 Å². The van der Waals surface area contributed by atoms with E-state index in [0.717, 1.165) is 12.8 Å². The summed E-state index contributed by atoms with van der Waals surface area (Å²) in [6.07, 6.45) is 7.15. The van der Waals surface area contributed by atoms with E-state index in [1.54, 1.807) is 25.3 Å². The van der Waals surface area contributed by atoms with Crippen LogP contribution in [0.1, 0.15) is 70.8 Å². The number of nitrogens with zero attached hydrogens (tertiary/aromatic N) is 1. The number of carbonyl (C=O) groups excluding carboxylic acids is 2. The molecule has 2 saturated carbocycles. The van der Waals surface area contributed by atoms with Gasteiger partial charge in [0.05, 0.1) is 24.2 Å². The lowest BCUT2D eigenvalue weighted by Gasteiger charge is -2.50. The molecule has 0 unspecified atom stereocenters. The summed E-state index contributed by atoms with van der Waals surface area (Å²) in [6, 6.07) is 3.90. The predicted octanol–water partition coefficient (Wildman–Crippen LogP) is 5.53. The summed E-state index contributed by atoms with van der Waals surface area (Å²) in [4.78, 5) is 32.4. The van der Waals surface area contributed by atoms with Crippen molar-refractivity contribution in [1.29, 1.82) is 0 Å². The summed E-state index contributed by atoms with van der Waals surface area (Å²) in [7, 11) is 1.55. The van der Waals surface area contributed by atoms with Crippen molar-refractivity contribution in [2.75, 3.05) is 19.0 Å². The second kappa shape index (κ2) is 11.9. The van der Waals surface area contributed by atoms with E-state index in [9.17, 15) is 14.7 Å². The minimum Gasteiger partial charge on any atom is -0.387 e. The number of methoxy groups -OCH3 is 1. The molecule has 3 atom stereocenters. The van der Waals surface area contributed by atoms with Crippen molar-refractivity contribution >= 4 is 46.9 Å². The van der Waals surface area contributed by atoms with Crippen LogP contribution >= 0.6 is 23.2 Å². The van der Waals surface area contributed by atoms with E-state index in [1.807, 2.05) is 0 Å². The Hall–Kier alpha value is -2.30. The monoisotopic (exact) mass is 634 g/mol. The standard InChI is InChI=1S/C32H41Cl2FN4O4/c1-19(33)36-16-9-23(35)25-26(27(40)37-21-7-10-30(42,11-8-21)18-43-4)39-31(14-12-29(2,3)13-15-31)32(25)22-6-5-20(34)17-24(22)38-28(32)41/h5-6,9,16-17,21,25-26,39,42H,1,7-8,10-15,18H2,2-4H3,(H,37,40)(H,38,41)/b23-9-,36-16-/t21-,25-,26+,30+,32+/m0/s1. The molecule has 43 heavy (non-hydrogen) atoms. The largest absolute Gasteiger partial charge is 0.387 e. The number of benzene rings is 1. The van der Waals surface area contributed by atoms with Gasteiger partial charge in [-0.15, -0.1) is 0 Å². The number of carbonyl (C=O) groups is 2. The first-order chi connectivity index (χ1) is 20.3. The van der Waals surface area contributed by atoms with E-state index in [-0.39, 0.29) is 35.0 Å². The molecule has 0 aromatic heterocycles. The van der Waals surface area contributed by atoms with Gasteiger partial charge < -0.3 is 20.5 Å². The van der Waals surface area contributed by atoms with Crippen molar-refractivity contribution in [3.8, 4) is 0 Å². The van der Waals surface area contributed by atoms with E-state index in [2.05, 4.69) is 41.4 Å². The molecule has 8 nitrogen and oxygen atoms in total. The number of allylic oxidation sites excluding steroid dienone is 1. The molecule has 1 aromatic rings. The zero-order valence-corrected chi connectivity index (χ0v) is 26.5. The van der Waals surface area contributed by atoms with Crippen molar-refractivity contribution < 1.29 is 23.8 Å². The maximum atomic E-state index is 16.7. The van der Waals surface area contributed by atoms with Crippen LogP contribution in [-0.4, -0.2) is 60.1 Å². The molecule has 5 rings (SSSR count). The Morgan fingerprint density at radius 3 is 2.53 bits per heavy atom. The van der Waals surface area contributed by atoms with Gasteiger partial charge in [-0.25, -0.2) is 9.38 Å². The van der Waals surface area contributed by atoms with Crippen molar-refractivity contribution in [3.63, 3.8) is 0 Å². The van der Waals surface area contributed by atoms with E-state index in [4.69, 9.17) is 27.9 Å². The van der Waals surface area contributed by atoms with E-state index < -0.39 is 34.3 Å². The number of hydrogen-bond donors (Lipinski definition) is 4.